The predicted octanol–water partition coefficient (Wildman–Crippen LogP) is 5.46. The molecular formula is C45H50N4O6S. The second-order valence-corrected chi connectivity index (χ2v) is 15.4. The number of carbonyl (C=O) groups is 5. The van der Waals surface area contributed by atoms with Gasteiger partial charge in [-0.1, -0.05) is 141 Å². The first-order valence-corrected chi connectivity index (χ1v) is 19.9. The van der Waals surface area contributed by atoms with Gasteiger partial charge in [0.25, 0.3) is 0 Å². The number of ether oxygens (including phenoxy) is 1. The first-order chi connectivity index (χ1) is 27.1. The highest BCUT2D eigenvalue weighted by Gasteiger charge is 2.37. The van der Waals surface area contributed by atoms with Crippen molar-refractivity contribution < 1.29 is 28.7 Å². The normalized spacial score (nSPS) is 20.5. The van der Waals surface area contributed by atoms with Crippen molar-refractivity contribution in [3.05, 3.63) is 156 Å². The number of cyclic esters (lactones) is 1. The maximum Gasteiger partial charge on any atom is 0.326 e. The molecule has 1 saturated heterocycles. The number of rotatable bonds is 11. The largest absolute Gasteiger partial charge is 0.456 e. The fourth-order valence-electron chi connectivity index (χ4n) is 6.62. The van der Waals surface area contributed by atoms with Crippen molar-refractivity contribution in [1.82, 2.24) is 21.3 Å². The number of allylic oxidation sites excluding steroid dienone is 1. The summed E-state index contributed by atoms with van der Waals surface area (Å²) in [5, 5.41) is 10.8. The van der Waals surface area contributed by atoms with Crippen LogP contribution in [0.25, 0.3) is 0 Å². The van der Waals surface area contributed by atoms with Gasteiger partial charge in [0.15, 0.2) is 0 Å². The van der Waals surface area contributed by atoms with E-state index in [4.69, 9.17) is 4.74 Å². The van der Waals surface area contributed by atoms with E-state index >= 15 is 0 Å². The summed E-state index contributed by atoms with van der Waals surface area (Å²) < 4.78 is 5.19. The quantitative estimate of drug-likeness (QED) is 0.0687. The number of thioether (sulfide) groups is 1. The molecular weight excluding hydrogens is 725 g/mol. The molecule has 4 N–H and O–H groups in total. The maximum absolute atomic E-state index is 13.5. The van der Waals surface area contributed by atoms with Crippen LogP contribution < -0.4 is 21.3 Å². The average molecular weight is 775 g/mol. The minimum atomic E-state index is -1.03. The Labute approximate surface area is 333 Å². The minimum absolute atomic E-state index is 0.159. The van der Waals surface area contributed by atoms with Crippen molar-refractivity contribution in [2.75, 3.05) is 12.3 Å². The summed E-state index contributed by atoms with van der Waals surface area (Å²) in [6.07, 6.45) is 3.08. The molecule has 1 aliphatic heterocycles. The molecule has 10 nitrogen and oxygen atoms in total. The van der Waals surface area contributed by atoms with Gasteiger partial charge in [-0.3, -0.25) is 24.0 Å². The average Bonchev–Trinajstić information content (AvgIpc) is 3.21. The fourth-order valence-corrected chi connectivity index (χ4v) is 8.09. The lowest BCUT2D eigenvalue weighted by molar-refractivity contribution is -0.148. The summed E-state index contributed by atoms with van der Waals surface area (Å²) in [4.78, 5) is 66.5. The molecule has 56 heavy (non-hydrogen) atoms. The molecule has 0 spiro atoms. The first-order valence-electron chi connectivity index (χ1n) is 18.9. The second kappa shape index (κ2) is 20.3. The third kappa shape index (κ3) is 11.2. The number of hydrogen-bond donors (Lipinski definition) is 4. The van der Waals surface area contributed by atoms with E-state index in [2.05, 4.69) is 57.7 Å². The monoisotopic (exact) mass is 774 g/mol. The van der Waals surface area contributed by atoms with E-state index < -0.39 is 65.1 Å². The van der Waals surface area contributed by atoms with Crippen molar-refractivity contribution >= 4 is 41.4 Å². The van der Waals surface area contributed by atoms with Gasteiger partial charge < -0.3 is 26.0 Å². The van der Waals surface area contributed by atoms with Gasteiger partial charge in [-0.15, -0.1) is 11.8 Å². The molecule has 0 bridgehead atoms. The van der Waals surface area contributed by atoms with E-state index in [9.17, 15) is 24.0 Å². The van der Waals surface area contributed by atoms with Gasteiger partial charge in [0.2, 0.25) is 23.6 Å². The smallest absolute Gasteiger partial charge is 0.326 e. The number of nitrogens with one attached hydrogen (secondary N) is 4. The molecule has 0 aliphatic carbocycles. The number of amides is 4. The molecule has 1 fully saturated rings. The van der Waals surface area contributed by atoms with Crippen LogP contribution in [-0.4, -0.2) is 66.1 Å². The second-order valence-electron chi connectivity index (χ2n) is 14.1. The van der Waals surface area contributed by atoms with Crippen molar-refractivity contribution in [2.24, 2.45) is 5.92 Å². The Morgan fingerprint density at radius 1 is 0.714 bits per heavy atom. The molecule has 0 saturated carbocycles. The van der Waals surface area contributed by atoms with Gasteiger partial charge in [-0.2, -0.15) is 0 Å². The molecule has 4 aromatic rings. The van der Waals surface area contributed by atoms with Crippen molar-refractivity contribution in [2.45, 2.75) is 69.0 Å². The molecule has 11 heteroatoms. The molecule has 0 radical (unpaired) electrons. The van der Waals surface area contributed by atoms with Gasteiger partial charge in [-0.25, -0.2) is 0 Å². The van der Waals surface area contributed by atoms with Crippen LogP contribution in [0.2, 0.25) is 0 Å². The van der Waals surface area contributed by atoms with E-state index in [0.717, 1.165) is 22.3 Å². The highest BCUT2D eigenvalue weighted by Crippen LogP contribution is 2.48. The van der Waals surface area contributed by atoms with Crippen LogP contribution in [0.3, 0.4) is 0 Å². The summed E-state index contributed by atoms with van der Waals surface area (Å²) in [6, 6.07) is 37.3. The highest BCUT2D eigenvalue weighted by molar-refractivity contribution is 8.00. The zero-order valence-electron chi connectivity index (χ0n) is 32.0. The van der Waals surface area contributed by atoms with Gasteiger partial charge in [0.1, 0.15) is 30.8 Å². The van der Waals surface area contributed by atoms with Crippen LogP contribution in [-0.2, 0) is 39.9 Å². The molecule has 4 amide bonds. The van der Waals surface area contributed by atoms with Crippen molar-refractivity contribution in [3.8, 4) is 0 Å². The zero-order valence-corrected chi connectivity index (χ0v) is 32.8. The predicted molar refractivity (Wildman–Crippen MR) is 219 cm³/mol. The van der Waals surface area contributed by atoms with E-state index in [-0.39, 0.29) is 18.8 Å². The van der Waals surface area contributed by atoms with Crippen LogP contribution in [0.5, 0.6) is 0 Å². The van der Waals surface area contributed by atoms with Crippen LogP contribution in [0.15, 0.2) is 133 Å². The van der Waals surface area contributed by atoms with Crippen molar-refractivity contribution in [3.63, 3.8) is 0 Å². The number of hydrogen-bond acceptors (Lipinski definition) is 7. The lowest BCUT2D eigenvalue weighted by atomic mass is 9.84. The molecule has 1 aliphatic rings. The Hall–Kier alpha value is -5.68. The molecule has 0 aromatic heterocycles. The van der Waals surface area contributed by atoms with E-state index in [0.29, 0.717) is 12.2 Å². The Balaban J connectivity index is 1.34. The third-order valence-electron chi connectivity index (χ3n) is 9.50. The Morgan fingerprint density at radius 2 is 1.25 bits per heavy atom. The summed E-state index contributed by atoms with van der Waals surface area (Å²) in [5.41, 5.74) is 4.22. The number of esters is 1. The molecule has 5 rings (SSSR count). The van der Waals surface area contributed by atoms with Gasteiger partial charge >= 0.3 is 5.97 Å². The molecule has 1 heterocycles. The van der Waals surface area contributed by atoms with Gasteiger partial charge in [0.05, 0.1) is 11.2 Å². The zero-order chi connectivity index (χ0) is 39.9. The van der Waals surface area contributed by atoms with Gasteiger partial charge in [0, 0.05) is 6.42 Å². The third-order valence-corrected chi connectivity index (χ3v) is 11.1. The SMILES string of the molecule is CC(C)[C@H]1NC(=O)[C@@H](Cc2ccccc2)NC(=O)[C@@H](C)NC(=O)C[C@@H](C=CCCSC(c2ccccc2)(c2ccccc2)c2ccccc2)OC(=O)CNC1=O. The molecule has 0 unspecified atom stereocenters. The lowest BCUT2D eigenvalue weighted by Gasteiger charge is -2.35. The highest BCUT2D eigenvalue weighted by atomic mass is 32.2. The standard InChI is InChI=1S/C45H50N4O6S/c1-31(2)41-44(54)46-30-40(51)55-37(29-39(50)47-32(3)42(52)48-38(43(53)49-41)28-33-18-8-4-9-19-33)26-16-17-27-56-45(34-20-10-5-11-21-34,35-22-12-6-13-23-35)36-24-14-7-15-25-36/h4-16,18-26,31-32,37-38,41H,17,27-30H2,1-3H3,(H,46,54)(H,47,50)(H,48,52)(H,49,53)/t32-,37-,38-,41-/m1/s1. The molecule has 4 aromatic carbocycles. The summed E-state index contributed by atoms with van der Waals surface area (Å²) >= 11 is 1.79. The number of benzene rings is 4. The van der Waals surface area contributed by atoms with Crippen molar-refractivity contribution in [1.29, 1.82) is 0 Å². The maximum atomic E-state index is 13.5. The summed E-state index contributed by atoms with van der Waals surface area (Å²) in [5.74, 6) is -2.65. The van der Waals surface area contributed by atoms with E-state index in [1.165, 1.54) is 6.92 Å². The molecule has 292 valence electrons. The van der Waals surface area contributed by atoms with E-state index in [1.807, 2.05) is 91.0 Å². The Kier molecular flexibility index (Phi) is 15.0. The lowest BCUT2D eigenvalue weighted by Crippen LogP contribution is -2.58. The Morgan fingerprint density at radius 3 is 1.79 bits per heavy atom. The number of carbonyl (C=O) groups excluding carboxylic acids is 5. The fraction of sp³-hybridized carbons (Fsp3) is 0.311. The van der Waals surface area contributed by atoms with Crippen LogP contribution in [0.4, 0.5) is 0 Å². The topological polar surface area (TPSA) is 143 Å². The first kappa shape index (κ1) is 41.5. The van der Waals surface area contributed by atoms with Crippen LogP contribution in [0.1, 0.15) is 55.9 Å². The van der Waals surface area contributed by atoms with E-state index in [1.54, 1.807) is 31.7 Å². The Bertz CT molecular complexity index is 1850. The van der Waals surface area contributed by atoms with Crippen LogP contribution in [0, 0.1) is 5.92 Å². The summed E-state index contributed by atoms with van der Waals surface area (Å²) in [6.45, 7) is 4.59. The van der Waals surface area contributed by atoms with Gasteiger partial charge in [-0.05, 0) is 53.3 Å². The molecule has 4 atom stereocenters. The minimum Gasteiger partial charge on any atom is -0.456 e. The van der Waals surface area contributed by atoms with Crippen LogP contribution >= 0.6 is 11.8 Å². The summed E-state index contributed by atoms with van der Waals surface area (Å²) in [7, 11) is 0.